The quantitative estimate of drug-likeness (QED) is 0.173. The van der Waals surface area contributed by atoms with Gasteiger partial charge in [-0.3, -0.25) is 0 Å². The van der Waals surface area contributed by atoms with Crippen molar-refractivity contribution in [2.24, 2.45) is 0 Å². The predicted octanol–water partition coefficient (Wildman–Crippen LogP) is 14.5. The van der Waals surface area contributed by atoms with E-state index in [1.54, 1.807) is 6.26 Å². The van der Waals surface area contributed by atoms with E-state index in [0.29, 0.717) is 0 Å². The monoisotopic (exact) mass is 698 g/mol. The van der Waals surface area contributed by atoms with Crippen LogP contribution in [0.5, 0.6) is 0 Å². The third kappa shape index (κ3) is 4.91. The maximum absolute atomic E-state index is 6.69. The number of rotatable bonds is 6. The standard InChI is InChI=1S/C50H38N2O2/c1-5-32-31-53-48-37(32)19-13-22-45(48)52(46-23-14-20-39-38-18-10-12-24-47(38)54-49(39)46)42-21-11-9-17-36(42)33-25-27-43-40(29-33)41-30-34(50(2,3)4)26-28-44(41)51(43)35-15-7-6-8-16-35/h5-31H,1H2,2-4H3. The normalized spacial score (nSPS) is 12.1. The van der Waals surface area contributed by atoms with Gasteiger partial charge in [0.1, 0.15) is 5.58 Å². The van der Waals surface area contributed by atoms with Gasteiger partial charge in [0.2, 0.25) is 0 Å². The van der Waals surface area contributed by atoms with Gasteiger partial charge in [0, 0.05) is 43.7 Å². The van der Waals surface area contributed by atoms with Crippen LogP contribution in [0.15, 0.2) is 173 Å². The number of aromatic nitrogens is 1. The summed E-state index contributed by atoms with van der Waals surface area (Å²) in [6, 6.07) is 54.1. The fourth-order valence-electron chi connectivity index (χ4n) is 8.12. The van der Waals surface area contributed by atoms with Gasteiger partial charge >= 0.3 is 0 Å². The average molecular weight is 699 g/mol. The Labute approximate surface area is 313 Å². The van der Waals surface area contributed by atoms with Gasteiger partial charge in [-0.1, -0.05) is 124 Å². The molecule has 0 N–H and O–H groups in total. The number of hydrogen-bond donors (Lipinski definition) is 0. The Bertz CT molecular complexity index is 3060. The van der Waals surface area contributed by atoms with Crippen LogP contribution in [0, 0.1) is 0 Å². The summed E-state index contributed by atoms with van der Waals surface area (Å²) in [7, 11) is 0. The third-order valence-electron chi connectivity index (χ3n) is 10.8. The molecule has 0 saturated carbocycles. The fourth-order valence-corrected chi connectivity index (χ4v) is 8.12. The summed E-state index contributed by atoms with van der Waals surface area (Å²) in [6.07, 6.45) is 3.63. The van der Waals surface area contributed by atoms with Gasteiger partial charge in [0.15, 0.2) is 11.2 Å². The van der Waals surface area contributed by atoms with Crippen LogP contribution in [-0.2, 0) is 5.41 Å². The van der Waals surface area contributed by atoms with E-state index < -0.39 is 0 Å². The summed E-state index contributed by atoms with van der Waals surface area (Å²) in [4.78, 5) is 2.30. The zero-order valence-electron chi connectivity index (χ0n) is 30.5. The second kappa shape index (κ2) is 12.1. The number of para-hydroxylation sites is 5. The number of benzene rings is 7. The molecule has 0 aliphatic heterocycles. The second-order valence-electron chi connectivity index (χ2n) is 15.0. The molecule has 10 aromatic rings. The molecule has 0 aliphatic carbocycles. The highest BCUT2D eigenvalue weighted by Crippen LogP contribution is 2.48. The maximum Gasteiger partial charge on any atom is 0.159 e. The Morgan fingerprint density at radius 1 is 0.574 bits per heavy atom. The fraction of sp³-hybridized carbons (Fsp3) is 0.0800. The van der Waals surface area contributed by atoms with E-state index in [1.165, 1.54) is 27.4 Å². The molecule has 0 radical (unpaired) electrons. The van der Waals surface area contributed by atoms with Crippen LogP contribution in [-0.4, -0.2) is 4.57 Å². The van der Waals surface area contributed by atoms with Gasteiger partial charge in [0.25, 0.3) is 0 Å². The summed E-state index contributed by atoms with van der Waals surface area (Å²) in [5.74, 6) is 0. The Balaban J connectivity index is 1.26. The van der Waals surface area contributed by atoms with Crippen molar-refractivity contribution < 1.29 is 8.83 Å². The zero-order valence-corrected chi connectivity index (χ0v) is 30.5. The Hall–Kier alpha value is -6.78. The molecule has 0 aliphatic rings. The van der Waals surface area contributed by atoms with E-state index in [-0.39, 0.29) is 5.41 Å². The van der Waals surface area contributed by atoms with Crippen LogP contribution in [0.1, 0.15) is 31.9 Å². The minimum absolute atomic E-state index is 0.01000. The molecule has 0 amide bonds. The first-order chi connectivity index (χ1) is 26.4. The summed E-state index contributed by atoms with van der Waals surface area (Å²) in [5, 5.41) is 5.60. The number of hydrogen-bond acceptors (Lipinski definition) is 3. The topological polar surface area (TPSA) is 34.5 Å². The molecule has 4 heteroatoms. The van der Waals surface area contributed by atoms with Crippen molar-refractivity contribution >= 4 is 77.9 Å². The second-order valence-corrected chi connectivity index (χ2v) is 15.0. The van der Waals surface area contributed by atoms with Gasteiger partial charge in [0.05, 0.1) is 34.4 Å². The highest BCUT2D eigenvalue weighted by Gasteiger charge is 2.25. The van der Waals surface area contributed by atoms with Crippen molar-refractivity contribution in [3.63, 3.8) is 0 Å². The summed E-state index contributed by atoms with van der Waals surface area (Å²) < 4.78 is 15.4. The molecule has 3 heterocycles. The summed E-state index contributed by atoms with van der Waals surface area (Å²) in [5.41, 5.74) is 13.3. The summed E-state index contributed by atoms with van der Waals surface area (Å²) in [6.45, 7) is 10.9. The molecule has 54 heavy (non-hydrogen) atoms. The molecule has 10 rings (SSSR count). The van der Waals surface area contributed by atoms with E-state index in [1.807, 2.05) is 18.2 Å². The molecule has 0 fully saturated rings. The van der Waals surface area contributed by atoms with Crippen molar-refractivity contribution in [3.05, 3.63) is 176 Å². The van der Waals surface area contributed by atoms with E-state index in [4.69, 9.17) is 8.83 Å². The van der Waals surface area contributed by atoms with Crippen LogP contribution < -0.4 is 4.90 Å². The molecule has 4 nitrogen and oxygen atoms in total. The predicted molar refractivity (Wildman–Crippen MR) is 227 cm³/mol. The van der Waals surface area contributed by atoms with E-state index in [9.17, 15) is 0 Å². The molecule has 0 unspecified atom stereocenters. The third-order valence-corrected chi connectivity index (χ3v) is 10.8. The molecule has 0 spiro atoms. The van der Waals surface area contributed by atoms with E-state index >= 15 is 0 Å². The first-order valence-corrected chi connectivity index (χ1v) is 18.5. The Morgan fingerprint density at radius 3 is 2.02 bits per heavy atom. The van der Waals surface area contributed by atoms with E-state index in [0.717, 1.165) is 72.3 Å². The van der Waals surface area contributed by atoms with Crippen LogP contribution in [0.3, 0.4) is 0 Å². The Kier molecular flexibility index (Phi) is 7.18. The van der Waals surface area contributed by atoms with Crippen LogP contribution in [0.2, 0.25) is 0 Å². The molecule has 0 saturated heterocycles. The van der Waals surface area contributed by atoms with Crippen LogP contribution in [0.25, 0.3) is 77.6 Å². The summed E-state index contributed by atoms with van der Waals surface area (Å²) >= 11 is 0. The highest BCUT2D eigenvalue weighted by molar-refractivity contribution is 6.14. The molecule has 0 atom stereocenters. The van der Waals surface area contributed by atoms with Crippen molar-refractivity contribution in [2.75, 3.05) is 4.90 Å². The molecule has 0 bridgehead atoms. The highest BCUT2D eigenvalue weighted by atomic mass is 16.3. The minimum atomic E-state index is 0.01000. The Morgan fingerprint density at radius 2 is 1.22 bits per heavy atom. The lowest BCUT2D eigenvalue weighted by Gasteiger charge is -2.28. The van der Waals surface area contributed by atoms with Crippen molar-refractivity contribution in [2.45, 2.75) is 26.2 Å². The van der Waals surface area contributed by atoms with Crippen LogP contribution >= 0.6 is 0 Å². The minimum Gasteiger partial charge on any atom is -0.461 e. The lowest BCUT2D eigenvalue weighted by Crippen LogP contribution is -2.12. The number of furan rings is 2. The van der Waals surface area contributed by atoms with Crippen molar-refractivity contribution in [1.29, 1.82) is 0 Å². The smallest absolute Gasteiger partial charge is 0.159 e. The molecule has 260 valence electrons. The first-order valence-electron chi connectivity index (χ1n) is 18.5. The first kappa shape index (κ1) is 31.9. The molecule has 7 aromatic carbocycles. The zero-order chi connectivity index (χ0) is 36.6. The average Bonchev–Trinajstić information content (AvgIpc) is 3.90. The lowest BCUT2D eigenvalue weighted by molar-refractivity contribution is 0.591. The largest absolute Gasteiger partial charge is 0.461 e. The lowest BCUT2D eigenvalue weighted by atomic mass is 9.86. The SMILES string of the molecule is C=Cc1coc2c(N(c3ccccc3-c3ccc4c(c3)c3cc(C(C)(C)C)ccc3n4-c3ccccc3)c3cccc4c3oc3ccccc34)cccc12. The van der Waals surface area contributed by atoms with Gasteiger partial charge in [-0.15, -0.1) is 0 Å². The van der Waals surface area contributed by atoms with Gasteiger partial charge in [-0.25, -0.2) is 0 Å². The molecule has 3 aromatic heterocycles. The van der Waals surface area contributed by atoms with Crippen molar-refractivity contribution in [3.8, 4) is 16.8 Å². The van der Waals surface area contributed by atoms with E-state index in [2.05, 4.69) is 176 Å². The maximum atomic E-state index is 6.69. The van der Waals surface area contributed by atoms with Gasteiger partial charge in [-0.05, 0) is 77.2 Å². The van der Waals surface area contributed by atoms with Crippen molar-refractivity contribution in [1.82, 2.24) is 4.57 Å². The molecular weight excluding hydrogens is 661 g/mol. The van der Waals surface area contributed by atoms with Gasteiger partial charge in [-0.2, -0.15) is 0 Å². The van der Waals surface area contributed by atoms with Gasteiger partial charge < -0.3 is 18.3 Å². The number of fused-ring (bicyclic) bond motifs is 7. The molecular formula is C50H38N2O2. The van der Waals surface area contributed by atoms with Crippen LogP contribution in [0.4, 0.5) is 17.1 Å². The number of anilines is 3. The number of nitrogens with zero attached hydrogens (tertiary/aromatic N) is 2.